The molecule has 0 unspecified atom stereocenters. The number of piperidine rings is 1. The van der Waals surface area contributed by atoms with Gasteiger partial charge >= 0.3 is 0 Å². The van der Waals surface area contributed by atoms with Crippen molar-refractivity contribution >= 4 is 5.91 Å². The Morgan fingerprint density at radius 3 is 2.41 bits per heavy atom. The summed E-state index contributed by atoms with van der Waals surface area (Å²) >= 11 is 0. The van der Waals surface area contributed by atoms with Gasteiger partial charge in [-0.15, -0.1) is 0 Å². The number of hydrogen-bond acceptors (Lipinski definition) is 3. The number of nitrogens with one attached hydrogen (secondary N) is 1. The van der Waals surface area contributed by atoms with E-state index < -0.39 is 0 Å². The Bertz CT molecular complexity index is 868. The van der Waals surface area contributed by atoms with Crippen molar-refractivity contribution in [2.45, 2.75) is 46.6 Å². The van der Waals surface area contributed by atoms with Gasteiger partial charge in [-0.25, -0.2) is 0 Å². The molecule has 1 aromatic carbocycles. The molecule has 2 heterocycles. The van der Waals surface area contributed by atoms with Crippen LogP contribution < -0.4 is 10.1 Å². The minimum atomic E-state index is 0.0283. The Labute approximate surface area is 174 Å². The summed E-state index contributed by atoms with van der Waals surface area (Å²) in [5, 5.41) is 3.26. The number of allylic oxidation sites excluding steroid dienone is 1. The van der Waals surface area contributed by atoms with Gasteiger partial charge in [-0.3, -0.25) is 9.69 Å². The molecule has 2 aromatic rings. The highest BCUT2D eigenvalue weighted by atomic mass is 16.5. The lowest BCUT2D eigenvalue weighted by Crippen LogP contribution is -2.44. The Hall–Kier alpha value is -2.53. The number of hydrogen-bond donors (Lipinski definition) is 1. The molecule has 0 aliphatic carbocycles. The van der Waals surface area contributed by atoms with Gasteiger partial charge in [0.25, 0.3) is 5.91 Å². The van der Waals surface area contributed by atoms with Gasteiger partial charge in [0.05, 0.1) is 12.7 Å². The van der Waals surface area contributed by atoms with Gasteiger partial charge in [-0.05, 0) is 70.9 Å². The first-order chi connectivity index (χ1) is 13.9. The predicted octanol–water partition coefficient (Wildman–Crippen LogP) is 4.26. The molecular weight excluding hydrogens is 362 g/mol. The Balaban J connectivity index is 1.65. The van der Waals surface area contributed by atoms with Gasteiger partial charge in [-0.2, -0.15) is 0 Å². The van der Waals surface area contributed by atoms with Crippen molar-refractivity contribution in [1.29, 1.82) is 0 Å². The topological polar surface area (TPSA) is 46.5 Å². The van der Waals surface area contributed by atoms with E-state index in [1.54, 1.807) is 7.11 Å². The summed E-state index contributed by atoms with van der Waals surface area (Å²) in [6.07, 6.45) is 4.27. The summed E-state index contributed by atoms with van der Waals surface area (Å²) in [6, 6.07) is 10.1. The number of aromatic nitrogens is 1. The van der Waals surface area contributed by atoms with Crippen LogP contribution in [0.3, 0.4) is 0 Å². The molecule has 0 spiro atoms. The standard InChI is InChI=1S/C24H33N3O2/c1-17(2)10-13-26-14-11-20(12-15-26)25-24(28)23-16-18(3)27(19(23)4)21-6-8-22(29-5)9-7-21/h6-10,16,20H,11-15H2,1-5H3,(H,25,28). The normalized spacial score (nSPS) is 15.2. The van der Waals surface area contributed by atoms with E-state index in [4.69, 9.17) is 4.74 Å². The summed E-state index contributed by atoms with van der Waals surface area (Å²) in [5.41, 5.74) is 5.16. The second-order valence-electron chi connectivity index (χ2n) is 8.15. The molecular formula is C24H33N3O2. The van der Waals surface area contributed by atoms with Crippen molar-refractivity contribution in [1.82, 2.24) is 14.8 Å². The van der Waals surface area contributed by atoms with Crippen LogP contribution >= 0.6 is 0 Å². The van der Waals surface area contributed by atoms with Gasteiger partial charge < -0.3 is 14.6 Å². The van der Waals surface area contributed by atoms with E-state index in [-0.39, 0.29) is 11.9 Å². The lowest BCUT2D eigenvalue weighted by atomic mass is 10.0. The van der Waals surface area contributed by atoms with E-state index in [0.29, 0.717) is 0 Å². The number of methoxy groups -OCH3 is 1. The summed E-state index contributed by atoms with van der Waals surface area (Å²) in [4.78, 5) is 15.4. The third-order valence-corrected chi connectivity index (χ3v) is 5.69. The first kappa shape index (κ1) is 21.2. The van der Waals surface area contributed by atoms with Crippen molar-refractivity contribution in [3.8, 4) is 11.4 Å². The van der Waals surface area contributed by atoms with Gasteiger partial charge in [0.1, 0.15) is 5.75 Å². The maximum absolute atomic E-state index is 13.0. The summed E-state index contributed by atoms with van der Waals surface area (Å²) in [5.74, 6) is 0.853. The maximum Gasteiger partial charge on any atom is 0.253 e. The van der Waals surface area contributed by atoms with Crippen LogP contribution in [0, 0.1) is 13.8 Å². The number of benzene rings is 1. The molecule has 1 aliphatic heterocycles. The van der Waals surface area contributed by atoms with Crippen LogP contribution in [0.5, 0.6) is 5.75 Å². The highest BCUT2D eigenvalue weighted by Crippen LogP contribution is 2.23. The zero-order valence-electron chi connectivity index (χ0n) is 18.3. The molecule has 0 bridgehead atoms. The molecule has 1 fully saturated rings. The molecule has 1 aliphatic rings. The van der Waals surface area contributed by atoms with E-state index in [1.165, 1.54) is 5.57 Å². The van der Waals surface area contributed by atoms with E-state index in [0.717, 1.165) is 60.9 Å². The predicted molar refractivity (Wildman–Crippen MR) is 118 cm³/mol. The maximum atomic E-state index is 13.0. The van der Waals surface area contributed by atoms with E-state index in [2.05, 4.69) is 34.7 Å². The van der Waals surface area contributed by atoms with Crippen molar-refractivity contribution in [3.63, 3.8) is 0 Å². The highest BCUT2D eigenvalue weighted by Gasteiger charge is 2.23. The molecule has 1 saturated heterocycles. The summed E-state index contributed by atoms with van der Waals surface area (Å²) in [6.45, 7) is 11.4. The van der Waals surface area contributed by atoms with Crippen LogP contribution in [0.25, 0.3) is 5.69 Å². The van der Waals surface area contributed by atoms with Crippen molar-refractivity contribution in [2.75, 3.05) is 26.7 Å². The van der Waals surface area contributed by atoms with Crippen LogP contribution in [0.2, 0.25) is 0 Å². The van der Waals surface area contributed by atoms with Crippen molar-refractivity contribution in [2.24, 2.45) is 0 Å². The van der Waals surface area contributed by atoms with Crippen LogP contribution in [-0.4, -0.2) is 48.2 Å². The third kappa shape index (κ3) is 5.10. The molecule has 5 heteroatoms. The number of carbonyl (C=O) groups excluding carboxylic acids is 1. The van der Waals surface area contributed by atoms with E-state index >= 15 is 0 Å². The number of likely N-dealkylation sites (tertiary alicyclic amines) is 1. The second-order valence-corrected chi connectivity index (χ2v) is 8.15. The average Bonchev–Trinajstić information content (AvgIpc) is 3.01. The van der Waals surface area contributed by atoms with Crippen LogP contribution in [-0.2, 0) is 0 Å². The Morgan fingerprint density at radius 1 is 1.17 bits per heavy atom. The first-order valence-corrected chi connectivity index (χ1v) is 10.4. The smallest absolute Gasteiger partial charge is 0.253 e. The molecule has 1 amide bonds. The second kappa shape index (κ2) is 9.31. The first-order valence-electron chi connectivity index (χ1n) is 10.4. The molecule has 156 valence electrons. The molecule has 0 radical (unpaired) electrons. The lowest BCUT2D eigenvalue weighted by molar-refractivity contribution is 0.0913. The molecule has 3 rings (SSSR count). The van der Waals surface area contributed by atoms with Crippen LogP contribution in [0.15, 0.2) is 42.0 Å². The quantitative estimate of drug-likeness (QED) is 0.744. The molecule has 1 N–H and O–H groups in total. The van der Waals surface area contributed by atoms with Gasteiger partial charge in [-0.1, -0.05) is 11.6 Å². The Kier molecular flexibility index (Phi) is 6.80. The SMILES string of the molecule is COc1ccc(-n2c(C)cc(C(=O)NC3CCN(CC=C(C)C)CC3)c2C)cc1. The number of rotatable bonds is 6. The number of aryl methyl sites for hydroxylation is 1. The fourth-order valence-electron chi connectivity index (χ4n) is 3.96. The zero-order valence-corrected chi connectivity index (χ0v) is 18.3. The van der Waals surface area contributed by atoms with Crippen molar-refractivity contribution < 1.29 is 9.53 Å². The largest absolute Gasteiger partial charge is 0.497 e. The molecule has 0 atom stereocenters. The molecule has 5 nitrogen and oxygen atoms in total. The van der Waals surface area contributed by atoms with E-state index in [9.17, 15) is 4.79 Å². The number of carbonyl (C=O) groups is 1. The monoisotopic (exact) mass is 395 g/mol. The lowest BCUT2D eigenvalue weighted by Gasteiger charge is -2.31. The average molecular weight is 396 g/mol. The van der Waals surface area contributed by atoms with Crippen LogP contribution in [0.4, 0.5) is 0 Å². The van der Waals surface area contributed by atoms with E-state index in [1.807, 2.05) is 44.2 Å². The summed E-state index contributed by atoms with van der Waals surface area (Å²) < 4.78 is 7.37. The molecule has 1 aromatic heterocycles. The molecule has 0 saturated carbocycles. The zero-order chi connectivity index (χ0) is 21.0. The highest BCUT2D eigenvalue weighted by molar-refractivity contribution is 5.96. The van der Waals surface area contributed by atoms with Crippen LogP contribution in [0.1, 0.15) is 48.4 Å². The fraction of sp³-hybridized carbons (Fsp3) is 0.458. The fourth-order valence-corrected chi connectivity index (χ4v) is 3.96. The minimum Gasteiger partial charge on any atom is -0.497 e. The number of nitrogens with zero attached hydrogens (tertiary/aromatic N) is 2. The summed E-state index contributed by atoms with van der Waals surface area (Å²) in [7, 11) is 1.66. The minimum absolute atomic E-state index is 0.0283. The van der Waals surface area contributed by atoms with Gasteiger partial charge in [0.2, 0.25) is 0 Å². The van der Waals surface area contributed by atoms with Crippen molar-refractivity contribution in [3.05, 3.63) is 58.9 Å². The van der Waals surface area contributed by atoms with Gasteiger partial charge in [0, 0.05) is 42.8 Å². The number of ether oxygens (including phenoxy) is 1. The van der Waals surface area contributed by atoms with Gasteiger partial charge in [0.15, 0.2) is 0 Å². The third-order valence-electron chi connectivity index (χ3n) is 5.69. The molecule has 29 heavy (non-hydrogen) atoms. The Morgan fingerprint density at radius 2 is 1.83 bits per heavy atom. The number of amides is 1.